The third-order valence-corrected chi connectivity index (χ3v) is 4.62. The molecule has 1 heterocycles. The number of nitrogens with zero attached hydrogens (tertiary/aromatic N) is 1. The minimum Gasteiger partial charge on any atom is -0.381 e. The predicted molar refractivity (Wildman–Crippen MR) is 91.4 cm³/mol. The van der Waals surface area contributed by atoms with Crippen LogP contribution < -0.4 is 0 Å². The van der Waals surface area contributed by atoms with E-state index in [4.69, 9.17) is 0 Å². The minimum atomic E-state index is -4.41. The van der Waals surface area contributed by atoms with Crippen LogP contribution in [0.25, 0.3) is 0 Å². The van der Waals surface area contributed by atoms with Crippen LogP contribution in [-0.4, -0.2) is 28.1 Å². The molecule has 2 aromatic carbocycles. The number of carbonyl (C=O) groups is 1. The summed E-state index contributed by atoms with van der Waals surface area (Å²) < 4.78 is 38.6. The van der Waals surface area contributed by atoms with E-state index in [0.29, 0.717) is 18.5 Å². The van der Waals surface area contributed by atoms with Crippen molar-refractivity contribution in [2.24, 2.45) is 0 Å². The molecule has 6 heteroatoms. The number of carbonyl (C=O) groups excluding carboxylic acids is 1. The fraction of sp³-hybridized carbons (Fsp3) is 0.350. The van der Waals surface area contributed by atoms with Crippen molar-refractivity contribution in [3.63, 3.8) is 0 Å². The van der Waals surface area contributed by atoms with Crippen molar-refractivity contribution in [2.75, 3.05) is 6.54 Å². The van der Waals surface area contributed by atoms with Crippen molar-refractivity contribution in [3.8, 4) is 0 Å². The molecule has 26 heavy (non-hydrogen) atoms. The van der Waals surface area contributed by atoms with Gasteiger partial charge in [0.15, 0.2) is 0 Å². The second-order valence-corrected chi connectivity index (χ2v) is 7.03. The first-order valence-corrected chi connectivity index (χ1v) is 8.37. The maximum Gasteiger partial charge on any atom is 0.416 e. The lowest BCUT2D eigenvalue weighted by Gasteiger charge is -2.40. The standard InChI is InChI=1S/C20H20F3NO2/c1-19(2,26)18(25)24-12-11-13-5-3-4-6-16(13)17(24)14-7-9-15(10-8-14)20(21,22)23/h3-10,17,26H,11-12H2,1-2H3. The predicted octanol–water partition coefficient (Wildman–Crippen LogP) is 3.95. The number of aliphatic hydroxyl groups is 1. The maximum atomic E-state index is 12.9. The summed E-state index contributed by atoms with van der Waals surface area (Å²) in [7, 11) is 0. The second-order valence-electron chi connectivity index (χ2n) is 7.03. The molecule has 0 spiro atoms. The molecule has 0 saturated heterocycles. The Morgan fingerprint density at radius 2 is 1.69 bits per heavy atom. The van der Waals surface area contributed by atoms with E-state index in [1.807, 2.05) is 24.3 Å². The molecule has 0 bridgehead atoms. The van der Waals surface area contributed by atoms with Crippen molar-refractivity contribution in [2.45, 2.75) is 38.1 Å². The molecule has 3 rings (SSSR count). The van der Waals surface area contributed by atoms with Gasteiger partial charge in [0.1, 0.15) is 5.60 Å². The van der Waals surface area contributed by atoms with Gasteiger partial charge < -0.3 is 10.0 Å². The van der Waals surface area contributed by atoms with Gasteiger partial charge in [0.2, 0.25) is 0 Å². The average molecular weight is 363 g/mol. The Balaban J connectivity index is 2.07. The number of hydrogen-bond acceptors (Lipinski definition) is 2. The molecule has 0 aliphatic carbocycles. The highest BCUT2D eigenvalue weighted by molar-refractivity contribution is 5.85. The van der Waals surface area contributed by atoms with Crippen LogP contribution in [0.5, 0.6) is 0 Å². The van der Waals surface area contributed by atoms with Gasteiger partial charge in [-0.2, -0.15) is 13.2 Å². The van der Waals surface area contributed by atoms with Crippen LogP contribution in [-0.2, 0) is 17.4 Å². The highest BCUT2D eigenvalue weighted by Crippen LogP contribution is 2.37. The van der Waals surface area contributed by atoms with Gasteiger partial charge in [-0.05, 0) is 49.1 Å². The first-order valence-electron chi connectivity index (χ1n) is 8.37. The van der Waals surface area contributed by atoms with Crippen LogP contribution in [0.3, 0.4) is 0 Å². The van der Waals surface area contributed by atoms with Crippen LogP contribution in [0, 0.1) is 0 Å². The quantitative estimate of drug-likeness (QED) is 0.878. The first-order chi connectivity index (χ1) is 12.1. The Morgan fingerprint density at radius 3 is 2.27 bits per heavy atom. The summed E-state index contributed by atoms with van der Waals surface area (Å²) in [6, 6.07) is 11.9. The number of benzene rings is 2. The van der Waals surface area contributed by atoms with Crippen molar-refractivity contribution >= 4 is 5.91 Å². The van der Waals surface area contributed by atoms with Crippen molar-refractivity contribution in [3.05, 3.63) is 70.8 Å². The lowest BCUT2D eigenvalue weighted by molar-refractivity contribution is -0.150. The molecule has 1 aliphatic rings. The van der Waals surface area contributed by atoms with Gasteiger partial charge in [-0.15, -0.1) is 0 Å². The molecule has 0 aromatic heterocycles. The summed E-state index contributed by atoms with van der Waals surface area (Å²) >= 11 is 0. The highest BCUT2D eigenvalue weighted by atomic mass is 19.4. The van der Waals surface area contributed by atoms with Gasteiger partial charge in [-0.1, -0.05) is 36.4 Å². The molecular weight excluding hydrogens is 343 g/mol. The van der Waals surface area contributed by atoms with Crippen LogP contribution in [0.4, 0.5) is 13.2 Å². The third-order valence-electron chi connectivity index (χ3n) is 4.62. The van der Waals surface area contributed by atoms with Crippen molar-refractivity contribution in [1.82, 2.24) is 4.90 Å². The number of fused-ring (bicyclic) bond motifs is 1. The number of amides is 1. The molecule has 1 aliphatic heterocycles. The van der Waals surface area contributed by atoms with E-state index in [-0.39, 0.29) is 0 Å². The Labute approximate surface area is 150 Å². The largest absolute Gasteiger partial charge is 0.416 e. The molecule has 1 N–H and O–H groups in total. The van der Waals surface area contributed by atoms with Crippen molar-refractivity contribution < 1.29 is 23.1 Å². The van der Waals surface area contributed by atoms with E-state index >= 15 is 0 Å². The maximum absolute atomic E-state index is 12.9. The highest BCUT2D eigenvalue weighted by Gasteiger charge is 2.38. The Hall–Kier alpha value is -2.34. The van der Waals surface area contributed by atoms with E-state index in [9.17, 15) is 23.1 Å². The molecular formula is C20H20F3NO2. The Morgan fingerprint density at radius 1 is 1.08 bits per heavy atom. The van der Waals surface area contributed by atoms with Gasteiger partial charge in [0.25, 0.3) is 5.91 Å². The second kappa shape index (κ2) is 6.43. The fourth-order valence-corrected chi connectivity index (χ4v) is 3.35. The Kier molecular flexibility index (Phi) is 4.56. The van der Waals surface area contributed by atoms with Gasteiger partial charge in [-0.25, -0.2) is 0 Å². The number of hydrogen-bond donors (Lipinski definition) is 1. The molecule has 2 aromatic rings. The monoisotopic (exact) mass is 363 g/mol. The molecule has 1 atom stereocenters. The zero-order valence-corrected chi connectivity index (χ0v) is 14.5. The van der Waals surface area contributed by atoms with Gasteiger partial charge in [0.05, 0.1) is 11.6 Å². The molecule has 0 saturated carbocycles. The molecule has 1 amide bonds. The summed E-state index contributed by atoms with van der Waals surface area (Å²) in [6.07, 6.45) is -3.78. The summed E-state index contributed by atoms with van der Waals surface area (Å²) in [6.45, 7) is 3.23. The molecule has 3 nitrogen and oxygen atoms in total. The number of rotatable bonds is 2. The molecule has 1 unspecified atom stereocenters. The van der Waals surface area contributed by atoms with Gasteiger partial charge in [0, 0.05) is 6.54 Å². The summed E-state index contributed by atoms with van der Waals surface area (Å²) in [5.41, 5.74) is 0.220. The topological polar surface area (TPSA) is 40.5 Å². The molecule has 138 valence electrons. The first kappa shape index (κ1) is 18.5. The fourth-order valence-electron chi connectivity index (χ4n) is 3.35. The van der Waals surface area contributed by atoms with E-state index in [1.165, 1.54) is 26.0 Å². The average Bonchev–Trinajstić information content (AvgIpc) is 2.58. The summed E-state index contributed by atoms with van der Waals surface area (Å²) in [5, 5.41) is 10.2. The van der Waals surface area contributed by atoms with Crippen molar-refractivity contribution in [1.29, 1.82) is 0 Å². The zero-order chi connectivity index (χ0) is 19.1. The van der Waals surface area contributed by atoms with Gasteiger partial charge >= 0.3 is 6.18 Å². The van der Waals surface area contributed by atoms with E-state index in [1.54, 1.807) is 4.90 Å². The third kappa shape index (κ3) is 3.46. The van der Waals surface area contributed by atoms with Crippen LogP contribution in [0.1, 0.15) is 42.1 Å². The normalized spacial score (nSPS) is 17.8. The molecule has 0 fully saturated rings. The Bertz CT molecular complexity index is 807. The lowest BCUT2D eigenvalue weighted by atomic mass is 9.87. The molecule has 0 radical (unpaired) electrons. The smallest absolute Gasteiger partial charge is 0.381 e. The van der Waals surface area contributed by atoms with Crippen LogP contribution in [0.15, 0.2) is 48.5 Å². The van der Waals surface area contributed by atoms with Crippen LogP contribution >= 0.6 is 0 Å². The SMILES string of the molecule is CC(C)(O)C(=O)N1CCc2ccccc2C1c1ccc(C(F)(F)F)cc1. The zero-order valence-electron chi connectivity index (χ0n) is 14.5. The number of halogens is 3. The number of alkyl halides is 3. The van der Waals surface area contributed by atoms with E-state index in [0.717, 1.165) is 23.3 Å². The lowest BCUT2D eigenvalue weighted by Crippen LogP contribution is -2.49. The van der Waals surface area contributed by atoms with E-state index < -0.39 is 29.3 Å². The van der Waals surface area contributed by atoms with E-state index in [2.05, 4.69) is 0 Å². The van der Waals surface area contributed by atoms with Gasteiger partial charge in [-0.3, -0.25) is 4.79 Å². The summed E-state index contributed by atoms with van der Waals surface area (Å²) in [4.78, 5) is 14.3. The van der Waals surface area contributed by atoms with Crippen LogP contribution in [0.2, 0.25) is 0 Å². The minimum absolute atomic E-state index is 0.394. The summed E-state index contributed by atoms with van der Waals surface area (Å²) in [5.74, 6) is -0.447.